The normalized spacial score (nSPS) is 15.2. The van der Waals surface area contributed by atoms with E-state index in [1.54, 1.807) is 19.9 Å². The highest BCUT2D eigenvalue weighted by molar-refractivity contribution is 7.17. The van der Waals surface area contributed by atoms with Gasteiger partial charge in [0, 0.05) is 28.5 Å². The van der Waals surface area contributed by atoms with Gasteiger partial charge in [-0.05, 0) is 56.7 Å². The van der Waals surface area contributed by atoms with Crippen LogP contribution in [0.5, 0.6) is 5.75 Å². The Kier molecular flexibility index (Phi) is 5.98. The number of carbonyl (C=O) groups is 2. The number of aromatic nitrogens is 1. The number of ketones is 1. The molecule has 2 aromatic heterocycles. The number of fused-ring (bicyclic) bond motifs is 1. The third-order valence-corrected chi connectivity index (χ3v) is 6.60. The Bertz CT molecular complexity index is 1170. The van der Waals surface area contributed by atoms with E-state index in [0.29, 0.717) is 34.4 Å². The minimum atomic E-state index is -0.221. The minimum absolute atomic E-state index is 0.0473. The van der Waals surface area contributed by atoms with Gasteiger partial charge in [0.1, 0.15) is 17.6 Å². The predicted octanol–water partition coefficient (Wildman–Crippen LogP) is 5.01. The van der Waals surface area contributed by atoms with Crippen LogP contribution in [0.2, 0.25) is 5.02 Å². The first-order valence-corrected chi connectivity index (χ1v) is 11.0. The van der Waals surface area contributed by atoms with E-state index in [0.717, 1.165) is 27.3 Å². The van der Waals surface area contributed by atoms with E-state index in [9.17, 15) is 9.59 Å². The van der Waals surface area contributed by atoms with Gasteiger partial charge in [0.2, 0.25) is 5.91 Å². The molecular formula is C23H21ClN2O4S. The molecule has 31 heavy (non-hydrogen) atoms. The van der Waals surface area contributed by atoms with Crippen LogP contribution >= 0.6 is 22.9 Å². The summed E-state index contributed by atoms with van der Waals surface area (Å²) in [5.41, 5.74) is 3.49. The van der Waals surface area contributed by atoms with Crippen LogP contribution in [0, 0.1) is 13.8 Å². The fourth-order valence-electron chi connectivity index (χ4n) is 3.49. The second-order valence-electron chi connectivity index (χ2n) is 7.43. The van der Waals surface area contributed by atoms with Crippen molar-refractivity contribution >= 4 is 40.7 Å². The lowest BCUT2D eigenvalue weighted by Gasteiger charge is -2.11. The number of benzene rings is 1. The maximum absolute atomic E-state index is 12.2. The Labute approximate surface area is 188 Å². The predicted molar refractivity (Wildman–Crippen MR) is 121 cm³/mol. The summed E-state index contributed by atoms with van der Waals surface area (Å²) in [5, 5.41) is 7.25. The van der Waals surface area contributed by atoms with Crippen molar-refractivity contribution in [3.05, 3.63) is 62.8 Å². The van der Waals surface area contributed by atoms with E-state index >= 15 is 0 Å². The second kappa shape index (κ2) is 8.69. The van der Waals surface area contributed by atoms with Crippen LogP contribution in [-0.2, 0) is 11.2 Å². The molecule has 6 nitrogen and oxygen atoms in total. The van der Waals surface area contributed by atoms with Gasteiger partial charge in [-0.3, -0.25) is 9.59 Å². The summed E-state index contributed by atoms with van der Waals surface area (Å²) in [7, 11) is 0. The highest BCUT2D eigenvalue weighted by Crippen LogP contribution is 2.41. The highest BCUT2D eigenvalue weighted by Gasteiger charge is 2.26. The van der Waals surface area contributed by atoms with E-state index in [1.807, 2.05) is 31.2 Å². The van der Waals surface area contributed by atoms with Crippen molar-refractivity contribution in [1.29, 1.82) is 0 Å². The highest BCUT2D eigenvalue weighted by atomic mass is 35.5. The zero-order chi connectivity index (χ0) is 22.1. The van der Waals surface area contributed by atoms with Crippen molar-refractivity contribution in [3.8, 4) is 16.2 Å². The van der Waals surface area contributed by atoms with Crippen LogP contribution in [0.4, 0.5) is 0 Å². The summed E-state index contributed by atoms with van der Waals surface area (Å²) >= 11 is 7.90. The smallest absolute Gasteiger partial charge is 0.244 e. The molecule has 1 amide bonds. The summed E-state index contributed by atoms with van der Waals surface area (Å²) in [4.78, 5) is 25.5. The standard InChI is InChI=1S/C23H21ClN2O4S/c1-12-18(14(3)30-26-12)4-7-22(28)25-11-17-9-16-8-15(10-19(24)23(16)29-17)21-6-5-20(31-21)13(2)27/h4-8,10,17H,9,11H2,1-3H3,(H,25,28). The molecule has 0 fully saturated rings. The first-order valence-electron chi connectivity index (χ1n) is 9.81. The average molecular weight is 457 g/mol. The molecule has 1 aromatic carbocycles. The van der Waals surface area contributed by atoms with E-state index in [-0.39, 0.29) is 17.8 Å². The number of carbonyl (C=O) groups excluding carboxylic acids is 2. The molecule has 1 aliphatic rings. The third kappa shape index (κ3) is 4.57. The van der Waals surface area contributed by atoms with Crippen LogP contribution in [0.25, 0.3) is 16.5 Å². The maximum atomic E-state index is 12.2. The Morgan fingerprint density at radius 1 is 1.32 bits per heavy atom. The first-order chi connectivity index (χ1) is 14.8. The number of aryl methyl sites for hydroxylation is 2. The molecule has 0 saturated carbocycles. The lowest BCUT2D eigenvalue weighted by Crippen LogP contribution is -2.33. The van der Waals surface area contributed by atoms with Gasteiger partial charge in [0.15, 0.2) is 5.78 Å². The van der Waals surface area contributed by atoms with Gasteiger partial charge in [-0.25, -0.2) is 0 Å². The third-order valence-electron chi connectivity index (χ3n) is 5.08. The fraction of sp³-hybridized carbons (Fsp3) is 0.261. The van der Waals surface area contributed by atoms with Crippen LogP contribution < -0.4 is 10.1 Å². The Morgan fingerprint density at radius 3 is 2.81 bits per heavy atom. The zero-order valence-electron chi connectivity index (χ0n) is 17.3. The number of halogens is 1. The van der Waals surface area contributed by atoms with E-state index in [1.165, 1.54) is 17.4 Å². The Morgan fingerprint density at radius 2 is 2.13 bits per heavy atom. The molecule has 160 valence electrons. The van der Waals surface area contributed by atoms with Gasteiger partial charge >= 0.3 is 0 Å². The molecule has 0 saturated heterocycles. The average Bonchev–Trinajstić information content (AvgIpc) is 3.44. The molecule has 4 rings (SSSR count). The molecule has 0 aliphatic carbocycles. The second-order valence-corrected chi connectivity index (χ2v) is 8.92. The molecule has 3 heterocycles. The molecular weight excluding hydrogens is 436 g/mol. The van der Waals surface area contributed by atoms with Crippen molar-refractivity contribution in [2.24, 2.45) is 0 Å². The minimum Gasteiger partial charge on any atom is -0.486 e. The summed E-state index contributed by atoms with van der Waals surface area (Å²) in [5.74, 6) is 1.15. The molecule has 8 heteroatoms. The van der Waals surface area contributed by atoms with Crippen LogP contribution in [0.15, 0.2) is 34.9 Å². The van der Waals surface area contributed by atoms with Crippen molar-refractivity contribution < 1.29 is 18.8 Å². The maximum Gasteiger partial charge on any atom is 0.244 e. The van der Waals surface area contributed by atoms with Crippen molar-refractivity contribution in [1.82, 2.24) is 10.5 Å². The van der Waals surface area contributed by atoms with Gasteiger partial charge in [-0.2, -0.15) is 0 Å². The fourth-order valence-corrected chi connectivity index (χ4v) is 4.66. The summed E-state index contributed by atoms with van der Waals surface area (Å²) in [6.45, 7) is 5.54. The Hall–Kier alpha value is -2.90. The number of rotatable bonds is 6. The molecule has 0 spiro atoms. The lowest BCUT2D eigenvalue weighted by molar-refractivity contribution is -0.116. The molecule has 0 bridgehead atoms. The van der Waals surface area contributed by atoms with Crippen LogP contribution in [0.1, 0.15) is 39.2 Å². The first kappa shape index (κ1) is 21.3. The quantitative estimate of drug-likeness (QED) is 0.416. The van der Waals surface area contributed by atoms with E-state index in [2.05, 4.69) is 10.5 Å². The molecule has 1 unspecified atom stereocenters. The number of amides is 1. The molecule has 1 N–H and O–H groups in total. The van der Waals surface area contributed by atoms with Gasteiger partial charge in [0.05, 0.1) is 22.1 Å². The molecule has 1 atom stereocenters. The monoisotopic (exact) mass is 456 g/mol. The SMILES string of the molecule is CC(=O)c1ccc(-c2cc(Cl)c3c(c2)CC(CNC(=O)C=Cc2c(C)noc2C)O3)s1. The number of nitrogens with zero attached hydrogens (tertiary/aromatic N) is 1. The van der Waals surface area contributed by atoms with Gasteiger partial charge < -0.3 is 14.6 Å². The number of nitrogens with one attached hydrogen (secondary N) is 1. The van der Waals surface area contributed by atoms with Crippen molar-refractivity contribution in [2.75, 3.05) is 6.54 Å². The molecule has 0 radical (unpaired) electrons. The van der Waals surface area contributed by atoms with Crippen molar-refractivity contribution in [3.63, 3.8) is 0 Å². The van der Waals surface area contributed by atoms with Crippen LogP contribution in [0.3, 0.4) is 0 Å². The Balaban J connectivity index is 1.40. The number of Topliss-reactive ketones (excluding diaryl/α,β-unsaturated/α-hetero) is 1. The number of thiophene rings is 1. The van der Waals surface area contributed by atoms with Gasteiger partial charge in [0.25, 0.3) is 0 Å². The summed E-state index contributed by atoms with van der Waals surface area (Å²) < 4.78 is 11.1. The number of ether oxygens (including phenoxy) is 1. The van der Waals surface area contributed by atoms with Gasteiger partial charge in [-0.15, -0.1) is 11.3 Å². The topological polar surface area (TPSA) is 81.4 Å². The number of hydrogen-bond acceptors (Lipinski definition) is 6. The van der Waals surface area contributed by atoms with E-state index < -0.39 is 0 Å². The largest absolute Gasteiger partial charge is 0.486 e. The zero-order valence-corrected chi connectivity index (χ0v) is 18.9. The lowest BCUT2D eigenvalue weighted by atomic mass is 10.1. The molecule has 1 aliphatic heterocycles. The summed E-state index contributed by atoms with van der Waals surface area (Å²) in [6, 6.07) is 7.65. The molecule has 3 aromatic rings. The van der Waals surface area contributed by atoms with Crippen molar-refractivity contribution in [2.45, 2.75) is 33.3 Å². The van der Waals surface area contributed by atoms with Crippen LogP contribution in [-0.4, -0.2) is 29.5 Å². The summed E-state index contributed by atoms with van der Waals surface area (Å²) in [6.07, 6.45) is 3.60. The van der Waals surface area contributed by atoms with E-state index in [4.69, 9.17) is 20.9 Å². The number of hydrogen-bond donors (Lipinski definition) is 1. The van der Waals surface area contributed by atoms with Gasteiger partial charge in [-0.1, -0.05) is 16.8 Å².